The second kappa shape index (κ2) is 5.59. The van der Waals surface area contributed by atoms with Gasteiger partial charge < -0.3 is 9.47 Å². The number of nitrogens with zero attached hydrogens (tertiary/aromatic N) is 1. The second-order valence-corrected chi connectivity index (χ2v) is 8.23. The van der Waals surface area contributed by atoms with Crippen molar-refractivity contribution in [3.8, 4) is 0 Å². The van der Waals surface area contributed by atoms with E-state index in [1.165, 1.54) is 12.8 Å². The summed E-state index contributed by atoms with van der Waals surface area (Å²) >= 11 is 0. The molecule has 7 unspecified atom stereocenters. The molecule has 5 rings (SSSR count). The number of hydrogen-bond donors (Lipinski definition) is 0. The number of esters is 1. The summed E-state index contributed by atoms with van der Waals surface area (Å²) in [5.41, 5.74) is 0. The number of allylic oxidation sites excluding steroid dienone is 2. The van der Waals surface area contributed by atoms with E-state index in [1.807, 2.05) is 0 Å². The van der Waals surface area contributed by atoms with Gasteiger partial charge in [0.2, 0.25) is 0 Å². The maximum atomic E-state index is 12.6. The summed E-state index contributed by atoms with van der Waals surface area (Å²) in [5.74, 6) is 4.98. The van der Waals surface area contributed by atoms with E-state index in [4.69, 9.17) is 9.47 Å². The zero-order valence-electron chi connectivity index (χ0n) is 13.7. The molecule has 1 saturated heterocycles. The van der Waals surface area contributed by atoms with E-state index in [9.17, 15) is 4.79 Å². The number of carbonyl (C=O) groups excluding carboxylic acids is 1. The normalized spacial score (nSPS) is 47.2. The van der Waals surface area contributed by atoms with Crippen LogP contribution in [-0.2, 0) is 14.3 Å². The maximum Gasteiger partial charge on any atom is 0.309 e. The van der Waals surface area contributed by atoms with Crippen LogP contribution >= 0.6 is 0 Å². The first-order valence-corrected chi connectivity index (χ1v) is 9.46. The number of morpholine rings is 1. The van der Waals surface area contributed by atoms with Gasteiger partial charge in [0.15, 0.2) is 0 Å². The lowest BCUT2D eigenvalue weighted by molar-refractivity contribution is -0.152. The van der Waals surface area contributed by atoms with Crippen LogP contribution < -0.4 is 0 Å². The number of hydrogen-bond acceptors (Lipinski definition) is 4. The predicted molar refractivity (Wildman–Crippen MR) is 85.6 cm³/mol. The first kappa shape index (κ1) is 14.5. The highest BCUT2D eigenvalue weighted by Gasteiger charge is 2.62. The van der Waals surface area contributed by atoms with Crippen LogP contribution in [0.1, 0.15) is 19.3 Å². The first-order valence-electron chi connectivity index (χ1n) is 9.46. The Morgan fingerprint density at radius 1 is 1.09 bits per heavy atom. The lowest BCUT2D eigenvalue weighted by Gasteiger charge is -2.35. The molecule has 0 amide bonds. The summed E-state index contributed by atoms with van der Waals surface area (Å²) in [4.78, 5) is 14.9. The number of rotatable bonds is 4. The summed E-state index contributed by atoms with van der Waals surface area (Å²) in [6, 6.07) is 0. The van der Waals surface area contributed by atoms with E-state index in [0.717, 1.165) is 68.9 Å². The number of carbonyl (C=O) groups is 1. The molecule has 4 bridgehead atoms. The molecule has 126 valence electrons. The van der Waals surface area contributed by atoms with E-state index in [0.29, 0.717) is 12.5 Å². The standard InChI is InChI=1S/C19H27NO3/c21-19(23-8-5-20-3-6-22-7-4-20)16-11-14-10-15(16)18-13-2-1-12(9-13)17(14)18/h1-2,12-18H,3-11H2. The summed E-state index contributed by atoms with van der Waals surface area (Å²) in [6.45, 7) is 4.94. The van der Waals surface area contributed by atoms with Gasteiger partial charge in [-0.05, 0) is 54.8 Å². The van der Waals surface area contributed by atoms with Crippen LogP contribution in [0.4, 0.5) is 0 Å². The second-order valence-electron chi connectivity index (χ2n) is 8.23. The van der Waals surface area contributed by atoms with Gasteiger partial charge in [0.25, 0.3) is 0 Å². The van der Waals surface area contributed by atoms with Crippen molar-refractivity contribution in [1.82, 2.24) is 4.90 Å². The van der Waals surface area contributed by atoms with Crippen molar-refractivity contribution in [1.29, 1.82) is 0 Å². The summed E-state index contributed by atoms with van der Waals surface area (Å²) < 4.78 is 11.0. The smallest absolute Gasteiger partial charge is 0.309 e. The molecule has 3 saturated carbocycles. The Bertz CT molecular complexity index is 513. The van der Waals surface area contributed by atoms with E-state index in [-0.39, 0.29) is 11.9 Å². The van der Waals surface area contributed by atoms with E-state index in [1.54, 1.807) is 0 Å². The number of ether oxygens (including phenoxy) is 2. The van der Waals surface area contributed by atoms with Gasteiger partial charge in [0.1, 0.15) is 6.61 Å². The third-order valence-electron chi connectivity index (χ3n) is 7.33. The Kier molecular flexibility index (Phi) is 3.52. The minimum absolute atomic E-state index is 0.0935. The predicted octanol–water partition coefficient (Wildman–Crippen LogP) is 1.96. The van der Waals surface area contributed by atoms with Crippen LogP contribution in [0.25, 0.3) is 0 Å². The maximum absolute atomic E-state index is 12.6. The Hall–Kier alpha value is -0.870. The quantitative estimate of drug-likeness (QED) is 0.451. The highest BCUT2D eigenvalue weighted by molar-refractivity contribution is 5.73. The summed E-state index contributed by atoms with van der Waals surface area (Å²) in [7, 11) is 0. The van der Waals surface area contributed by atoms with Crippen LogP contribution in [0.3, 0.4) is 0 Å². The fourth-order valence-corrected chi connectivity index (χ4v) is 6.49. The Balaban J connectivity index is 1.16. The SMILES string of the molecule is O=C(OCCN1CCOCC1)C1CC2CC1C1C3C=CC(C3)C21. The van der Waals surface area contributed by atoms with Crippen molar-refractivity contribution >= 4 is 5.97 Å². The molecule has 0 aromatic rings. The highest BCUT2D eigenvalue weighted by atomic mass is 16.5. The van der Waals surface area contributed by atoms with Crippen molar-refractivity contribution in [2.24, 2.45) is 41.4 Å². The molecule has 7 atom stereocenters. The molecule has 4 fully saturated rings. The van der Waals surface area contributed by atoms with E-state index in [2.05, 4.69) is 17.1 Å². The minimum atomic E-state index is 0.0935. The topological polar surface area (TPSA) is 38.8 Å². The molecular formula is C19H27NO3. The van der Waals surface area contributed by atoms with Gasteiger partial charge in [0, 0.05) is 19.6 Å². The lowest BCUT2D eigenvalue weighted by Crippen LogP contribution is -2.39. The van der Waals surface area contributed by atoms with Crippen molar-refractivity contribution in [2.75, 3.05) is 39.5 Å². The van der Waals surface area contributed by atoms with Crippen molar-refractivity contribution in [3.63, 3.8) is 0 Å². The molecule has 23 heavy (non-hydrogen) atoms. The van der Waals surface area contributed by atoms with E-state index < -0.39 is 0 Å². The zero-order chi connectivity index (χ0) is 15.4. The molecule has 0 N–H and O–H groups in total. The van der Waals surface area contributed by atoms with Gasteiger partial charge >= 0.3 is 5.97 Å². The molecule has 4 heteroatoms. The average molecular weight is 317 g/mol. The van der Waals surface area contributed by atoms with Gasteiger partial charge in [-0.25, -0.2) is 0 Å². The monoisotopic (exact) mass is 317 g/mol. The van der Waals surface area contributed by atoms with Crippen molar-refractivity contribution in [2.45, 2.75) is 19.3 Å². The lowest BCUT2D eigenvalue weighted by atomic mass is 9.69. The molecule has 1 heterocycles. The van der Waals surface area contributed by atoms with Crippen molar-refractivity contribution < 1.29 is 14.3 Å². The third-order valence-corrected chi connectivity index (χ3v) is 7.33. The third kappa shape index (κ3) is 2.29. The van der Waals surface area contributed by atoms with Crippen molar-refractivity contribution in [3.05, 3.63) is 12.2 Å². The van der Waals surface area contributed by atoms with Gasteiger partial charge in [0.05, 0.1) is 19.1 Å². The zero-order valence-corrected chi connectivity index (χ0v) is 13.7. The molecule has 0 aromatic carbocycles. The fraction of sp³-hybridized carbons (Fsp3) is 0.842. The van der Waals surface area contributed by atoms with Gasteiger partial charge in [-0.15, -0.1) is 0 Å². The first-order chi connectivity index (χ1) is 11.3. The average Bonchev–Trinajstić information content (AvgIpc) is 3.34. The van der Waals surface area contributed by atoms with Gasteiger partial charge in [-0.1, -0.05) is 12.2 Å². The fourth-order valence-electron chi connectivity index (χ4n) is 6.49. The van der Waals surface area contributed by atoms with Crippen LogP contribution in [0, 0.1) is 41.4 Å². The van der Waals surface area contributed by atoms with Gasteiger partial charge in [-0.2, -0.15) is 0 Å². The molecule has 5 aliphatic rings. The Morgan fingerprint density at radius 3 is 2.70 bits per heavy atom. The highest BCUT2D eigenvalue weighted by Crippen LogP contribution is 2.67. The minimum Gasteiger partial charge on any atom is -0.464 e. The Labute approximate surface area is 138 Å². The Morgan fingerprint density at radius 2 is 1.87 bits per heavy atom. The molecule has 0 aromatic heterocycles. The van der Waals surface area contributed by atoms with Crippen LogP contribution in [0.2, 0.25) is 0 Å². The van der Waals surface area contributed by atoms with Crippen LogP contribution in [-0.4, -0.2) is 50.3 Å². The molecule has 4 nitrogen and oxygen atoms in total. The van der Waals surface area contributed by atoms with E-state index >= 15 is 0 Å². The molecule has 0 spiro atoms. The summed E-state index contributed by atoms with van der Waals surface area (Å²) in [6.07, 6.45) is 8.64. The largest absolute Gasteiger partial charge is 0.464 e. The molecule has 0 radical (unpaired) electrons. The molecule has 1 aliphatic heterocycles. The molecule has 4 aliphatic carbocycles. The molecular weight excluding hydrogens is 290 g/mol. The van der Waals surface area contributed by atoms with Crippen LogP contribution in [0.15, 0.2) is 12.2 Å². The summed E-state index contributed by atoms with van der Waals surface area (Å²) in [5, 5.41) is 0. The van der Waals surface area contributed by atoms with Crippen LogP contribution in [0.5, 0.6) is 0 Å². The van der Waals surface area contributed by atoms with Gasteiger partial charge in [-0.3, -0.25) is 9.69 Å². The number of fused-ring (bicyclic) bond motifs is 9.